The molecule has 1 aromatic heterocycles. The van der Waals surface area contributed by atoms with Gasteiger partial charge in [0, 0.05) is 6.07 Å². The van der Waals surface area contributed by atoms with E-state index in [1.807, 2.05) is 30.3 Å². The van der Waals surface area contributed by atoms with Crippen molar-refractivity contribution in [2.45, 2.75) is 33.5 Å². The molecule has 0 amide bonds. The standard InChI is InChI=1S/C25H26O6/c1-18(2)12-13-28-24-17-30-22(14-23(24)26)16-31-25(27)20-8-10-21(11-9-20)29-15-19-6-4-3-5-7-19/h3-11,14,17-18H,12-13,15-16H2,1-2H3. The van der Waals surface area contributed by atoms with Gasteiger partial charge in [-0.3, -0.25) is 4.79 Å². The minimum atomic E-state index is -0.519. The highest BCUT2D eigenvalue weighted by atomic mass is 16.5. The summed E-state index contributed by atoms with van der Waals surface area (Å²) in [5, 5.41) is 0. The molecule has 2 aromatic carbocycles. The van der Waals surface area contributed by atoms with Gasteiger partial charge in [-0.2, -0.15) is 0 Å². The molecule has 0 unspecified atom stereocenters. The normalized spacial score (nSPS) is 10.7. The third-order valence-corrected chi connectivity index (χ3v) is 4.49. The highest BCUT2D eigenvalue weighted by molar-refractivity contribution is 5.89. The molecule has 31 heavy (non-hydrogen) atoms. The van der Waals surface area contributed by atoms with Crippen LogP contribution in [-0.4, -0.2) is 12.6 Å². The Morgan fingerprint density at radius 1 is 0.968 bits per heavy atom. The van der Waals surface area contributed by atoms with Crippen molar-refractivity contribution in [2.75, 3.05) is 6.61 Å². The van der Waals surface area contributed by atoms with Crippen LogP contribution >= 0.6 is 0 Å². The van der Waals surface area contributed by atoms with E-state index in [1.54, 1.807) is 24.3 Å². The average molecular weight is 422 g/mol. The Morgan fingerprint density at radius 2 is 1.71 bits per heavy atom. The van der Waals surface area contributed by atoms with Crippen molar-refractivity contribution in [3.05, 3.63) is 94.0 Å². The predicted molar refractivity (Wildman–Crippen MR) is 116 cm³/mol. The summed E-state index contributed by atoms with van der Waals surface area (Å²) < 4.78 is 21.7. The first-order valence-corrected chi connectivity index (χ1v) is 10.2. The molecule has 0 saturated heterocycles. The molecule has 0 saturated carbocycles. The quantitative estimate of drug-likeness (QED) is 0.428. The molecular weight excluding hydrogens is 396 g/mol. The van der Waals surface area contributed by atoms with Gasteiger partial charge in [-0.05, 0) is 42.2 Å². The Labute approximate surface area is 181 Å². The Hall–Kier alpha value is -3.54. The lowest BCUT2D eigenvalue weighted by Gasteiger charge is -2.09. The van der Waals surface area contributed by atoms with Crippen LogP contribution in [0.4, 0.5) is 0 Å². The maximum Gasteiger partial charge on any atom is 0.338 e. The molecule has 0 spiro atoms. The van der Waals surface area contributed by atoms with Gasteiger partial charge in [-0.25, -0.2) is 4.79 Å². The second-order valence-electron chi connectivity index (χ2n) is 7.48. The zero-order chi connectivity index (χ0) is 22.1. The van der Waals surface area contributed by atoms with Crippen LogP contribution in [0.2, 0.25) is 0 Å². The lowest BCUT2D eigenvalue weighted by molar-refractivity contribution is 0.0442. The zero-order valence-corrected chi connectivity index (χ0v) is 17.7. The Kier molecular flexibility index (Phi) is 7.87. The maximum atomic E-state index is 12.3. The SMILES string of the molecule is CC(C)CCOc1coc(COC(=O)c2ccc(OCc3ccccc3)cc2)cc1=O. The molecular formula is C25H26O6. The summed E-state index contributed by atoms with van der Waals surface area (Å²) >= 11 is 0. The number of benzene rings is 2. The fourth-order valence-corrected chi connectivity index (χ4v) is 2.67. The van der Waals surface area contributed by atoms with Crippen LogP contribution in [-0.2, 0) is 18.0 Å². The molecule has 0 radical (unpaired) electrons. The van der Waals surface area contributed by atoms with Crippen LogP contribution in [0.1, 0.15) is 41.9 Å². The lowest BCUT2D eigenvalue weighted by Crippen LogP contribution is -2.11. The van der Waals surface area contributed by atoms with Gasteiger partial charge in [0.1, 0.15) is 31.0 Å². The molecule has 6 heteroatoms. The largest absolute Gasteiger partial charge is 0.489 e. The Morgan fingerprint density at radius 3 is 2.39 bits per heavy atom. The van der Waals surface area contributed by atoms with E-state index in [4.69, 9.17) is 18.6 Å². The average Bonchev–Trinajstić information content (AvgIpc) is 2.78. The number of hydrogen-bond acceptors (Lipinski definition) is 6. The maximum absolute atomic E-state index is 12.3. The second-order valence-corrected chi connectivity index (χ2v) is 7.48. The third kappa shape index (κ3) is 7.03. The summed E-state index contributed by atoms with van der Waals surface area (Å²) in [5.74, 6) is 1.02. The molecule has 0 atom stereocenters. The Balaban J connectivity index is 1.49. The highest BCUT2D eigenvalue weighted by Crippen LogP contribution is 2.16. The number of rotatable bonds is 10. The summed E-state index contributed by atoms with van der Waals surface area (Å²) in [6, 6.07) is 17.8. The van der Waals surface area contributed by atoms with Gasteiger partial charge in [-0.15, -0.1) is 0 Å². The molecule has 162 valence electrons. The Bertz CT molecular complexity index is 1020. The smallest absolute Gasteiger partial charge is 0.338 e. The van der Waals surface area contributed by atoms with E-state index in [2.05, 4.69) is 13.8 Å². The summed E-state index contributed by atoms with van der Waals surface area (Å²) in [7, 11) is 0. The molecule has 3 aromatic rings. The van der Waals surface area contributed by atoms with Crippen molar-refractivity contribution in [3.63, 3.8) is 0 Å². The number of esters is 1. The second kappa shape index (κ2) is 11.0. The zero-order valence-electron chi connectivity index (χ0n) is 17.7. The number of carbonyl (C=O) groups is 1. The fraction of sp³-hybridized carbons (Fsp3) is 0.280. The van der Waals surface area contributed by atoms with E-state index < -0.39 is 5.97 Å². The monoisotopic (exact) mass is 422 g/mol. The minimum absolute atomic E-state index is 0.146. The molecule has 0 bridgehead atoms. The molecule has 0 aliphatic rings. The molecule has 1 heterocycles. The lowest BCUT2D eigenvalue weighted by atomic mass is 10.1. The van der Waals surface area contributed by atoms with Crippen molar-refractivity contribution >= 4 is 5.97 Å². The van der Waals surface area contributed by atoms with Crippen LogP contribution < -0.4 is 14.9 Å². The van der Waals surface area contributed by atoms with Crippen LogP contribution in [0, 0.1) is 5.92 Å². The van der Waals surface area contributed by atoms with E-state index in [9.17, 15) is 9.59 Å². The summed E-state index contributed by atoms with van der Waals surface area (Å²) in [4.78, 5) is 24.4. The topological polar surface area (TPSA) is 75.0 Å². The van der Waals surface area contributed by atoms with Gasteiger partial charge in [0.25, 0.3) is 0 Å². The molecule has 0 aliphatic heterocycles. The van der Waals surface area contributed by atoms with Crippen LogP contribution in [0.3, 0.4) is 0 Å². The van der Waals surface area contributed by atoms with Crippen molar-refractivity contribution in [2.24, 2.45) is 5.92 Å². The highest BCUT2D eigenvalue weighted by Gasteiger charge is 2.11. The summed E-state index contributed by atoms with van der Waals surface area (Å²) in [6.07, 6.45) is 2.10. The van der Waals surface area contributed by atoms with Gasteiger partial charge in [0.2, 0.25) is 11.2 Å². The van der Waals surface area contributed by atoms with Gasteiger partial charge in [0.15, 0.2) is 0 Å². The first-order chi connectivity index (χ1) is 15.0. The van der Waals surface area contributed by atoms with Gasteiger partial charge >= 0.3 is 5.97 Å². The van der Waals surface area contributed by atoms with Gasteiger partial charge in [0.05, 0.1) is 12.2 Å². The summed E-state index contributed by atoms with van der Waals surface area (Å²) in [5.41, 5.74) is 1.13. The van der Waals surface area contributed by atoms with Gasteiger partial charge < -0.3 is 18.6 Å². The van der Waals surface area contributed by atoms with E-state index in [0.717, 1.165) is 12.0 Å². The molecule has 3 rings (SSSR count). The number of ether oxygens (including phenoxy) is 3. The predicted octanol–water partition coefficient (Wildman–Crippen LogP) is 5.00. The number of carbonyl (C=O) groups excluding carboxylic acids is 1. The van der Waals surface area contributed by atoms with Crippen LogP contribution in [0.15, 0.2) is 76.1 Å². The van der Waals surface area contributed by atoms with Crippen molar-refractivity contribution in [1.82, 2.24) is 0 Å². The van der Waals surface area contributed by atoms with Crippen molar-refractivity contribution in [1.29, 1.82) is 0 Å². The molecule has 0 aliphatic carbocycles. The number of hydrogen-bond donors (Lipinski definition) is 0. The first-order valence-electron chi connectivity index (χ1n) is 10.2. The first kappa shape index (κ1) is 22.2. The van der Waals surface area contributed by atoms with E-state index >= 15 is 0 Å². The van der Waals surface area contributed by atoms with E-state index in [1.165, 1.54) is 12.3 Å². The molecule has 0 fully saturated rings. The van der Waals surface area contributed by atoms with E-state index in [-0.39, 0.29) is 23.5 Å². The minimum Gasteiger partial charge on any atom is -0.489 e. The molecule has 6 nitrogen and oxygen atoms in total. The fourth-order valence-electron chi connectivity index (χ4n) is 2.67. The van der Waals surface area contributed by atoms with Crippen molar-refractivity contribution < 1.29 is 23.4 Å². The third-order valence-electron chi connectivity index (χ3n) is 4.49. The van der Waals surface area contributed by atoms with E-state index in [0.29, 0.717) is 30.4 Å². The van der Waals surface area contributed by atoms with Crippen LogP contribution in [0.25, 0.3) is 0 Å². The van der Waals surface area contributed by atoms with Gasteiger partial charge in [-0.1, -0.05) is 44.2 Å². The van der Waals surface area contributed by atoms with Crippen molar-refractivity contribution in [3.8, 4) is 11.5 Å². The van der Waals surface area contributed by atoms with Crippen LogP contribution in [0.5, 0.6) is 11.5 Å². The molecule has 0 N–H and O–H groups in total. The summed E-state index contributed by atoms with van der Waals surface area (Å²) in [6.45, 7) is 4.90.